The number of ether oxygens (including phenoxy) is 1. The van der Waals surface area contributed by atoms with Crippen LogP contribution in [0.5, 0.6) is 0 Å². The van der Waals surface area contributed by atoms with E-state index in [1.165, 1.54) is 0 Å². The Morgan fingerprint density at radius 3 is 3.05 bits per heavy atom. The van der Waals surface area contributed by atoms with Crippen LogP contribution in [0.25, 0.3) is 11.0 Å². The molecule has 0 radical (unpaired) electrons. The average Bonchev–Trinajstić information content (AvgIpc) is 2.89. The van der Waals surface area contributed by atoms with Gasteiger partial charge in [-0.1, -0.05) is 0 Å². The summed E-state index contributed by atoms with van der Waals surface area (Å²) in [5.41, 5.74) is 8.67. The summed E-state index contributed by atoms with van der Waals surface area (Å²) in [6, 6.07) is 5.21. The van der Waals surface area contributed by atoms with Gasteiger partial charge in [0.2, 0.25) is 5.91 Å². The second-order valence-corrected chi connectivity index (χ2v) is 5.95. The van der Waals surface area contributed by atoms with Crippen LogP contribution in [0.3, 0.4) is 0 Å². The first kappa shape index (κ1) is 15.0. The summed E-state index contributed by atoms with van der Waals surface area (Å²) in [6.07, 6.45) is 4.44. The average molecular weight is 302 g/mol. The van der Waals surface area contributed by atoms with Crippen molar-refractivity contribution in [2.24, 2.45) is 18.7 Å². The molecule has 1 fully saturated rings. The molecule has 1 aliphatic rings. The zero-order valence-electron chi connectivity index (χ0n) is 12.8. The van der Waals surface area contributed by atoms with Crippen molar-refractivity contribution < 1.29 is 9.53 Å². The van der Waals surface area contributed by atoms with Crippen LogP contribution in [0.15, 0.2) is 24.5 Å². The molecule has 3 N–H and O–H groups in total. The van der Waals surface area contributed by atoms with E-state index in [2.05, 4.69) is 10.3 Å². The van der Waals surface area contributed by atoms with Crippen LogP contribution in [0.2, 0.25) is 0 Å². The largest absolute Gasteiger partial charge is 0.381 e. The lowest BCUT2D eigenvalue weighted by atomic mass is 9.92. The molecule has 22 heavy (non-hydrogen) atoms. The number of hydrogen-bond donors (Lipinski definition) is 2. The van der Waals surface area contributed by atoms with Gasteiger partial charge in [0.25, 0.3) is 0 Å². The van der Waals surface area contributed by atoms with E-state index >= 15 is 0 Å². The van der Waals surface area contributed by atoms with Gasteiger partial charge in [0.15, 0.2) is 0 Å². The first-order chi connectivity index (χ1) is 10.6. The second kappa shape index (κ2) is 6.46. The Balaban J connectivity index is 1.61. The zero-order chi connectivity index (χ0) is 15.5. The van der Waals surface area contributed by atoms with Crippen molar-refractivity contribution >= 4 is 22.6 Å². The minimum absolute atomic E-state index is 0.137. The monoisotopic (exact) mass is 302 g/mol. The van der Waals surface area contributed by atoms with E-state index in [4.69, 9.17) is 10.5 Å². The van der Waals surface area contributed by atoms with Gasteiger partial charge < -0.3 is 20.4 Å². The number of imidazole rings is 1. The quantitative estimate of drug-likeness (QED) is 0.900. The Labute approximate surface area is 129 Å². The molecule has 0 aliphatic carbocycles. The molecule has 2 heterocycles. The number of carbonyl (C=O) groups excluding carboxylic acids is 1. The third kappa shape index (κ3) is 3.28. The fourth-order valence-corrected chi connectivity index (χ4v) is 2.90. The van der Waals surface area contributed by atoms with Gasteiger partial charge >= 0.3 is 0 Å². The van der Waals surface area contributed by atoms with Crippen LogP contribution >= 0.6 is 0 Å². The Morgan fingerprint density at radius 2 is 2.27 bits per heavy atom. The summed E-state index contributed by atoms with van der Waals surface area (Å²) in [5.74, 6) is 0.342. The number of hydrogen-bond acceptors (Lipinski definition) is 4. The summed E-state index contributed by atoms with van der Waals surface area (Å²) in [4.78, 5) is 16.5. The van der Waals surface area contributed by atoms with Crippen molar-refractivity contribution in [2.45, 2.75) is 25.3 Å². The Morgan fingerprint density at radius 1 is 1.50 bits per heavy atom. The van der Waals surface area contributed by atoms with E-state index < -0.39 is 6.04 Å². The second-order valence-electron chi connectivity index (χ2n) is 5.95. The number of benzene rings is 1. The fourth-order valence-electron chi connectivity index (χ4n) is 2.90. The molecular formula is C16H22N4O2. The van der Waals surface area contributed by atoms with E-state index in [9.17, 15) is 4.79 Å². The van der Waals surface area contributed by atoms with E-state index in [0.717, 1.165) is 42.8 Å². The lowest BCUT2D eigenvalue weighted by Gasteiger charge is -2.24. The molecule has 1 atom stereocenters. The molecule has 1 saturated heterocycles. The molecular weight excluding hydrogens is 280 g/mol. The van der Waals surface area contributed by atoms with Gasteiger partial charge in [-0.05, 0) is 43.4 Å². The number of amides is 1. The lowest BCUT2D eigenvalue weighted by Crippen LogP contribution is -2.38. The molecule has 0 spiro atoms. The van der Waals surface area contributed by atoms with Crippen molar-refractivity contribution in [1.29, 1.82) is 0 Å². The van der Waals surface area contributed by atoms with E-state index in [1.807, 2.05) is 29.8 Å². The SMILES string of the molecule is Cn1cnc2cc(NC(=O)C(N)CC3CCOCC3)ccc21. The van der Waals surface area contributed by atoms with Crippen LogP contribution in [0.4, 0.5) is 5.69 Å². The number of rotatable bonds is 4. The number of nitrogens with zero attached hydrogens (tertiary/aromatic N) is 2. The van der Waals surface area contributed by atoms with E-state index in [0.29, 0.717) is 12.3 Å². The maximum Gasteiger partial charge on any atom is 0.241 e. The molecule has 1 aromatic carbocycles. The normalized spacial score (nSPS) is 17.5. The summed E-state index contributed by atoms with van der Waals surface area (Å²) in [6.45, 7) is 1.55. The maximum absolute atomic E-state index is 12.2. The van der Waals surface area contributed by atoms with Gasteiger partial charge in [0, 0.05) is 25.9 Å². The van der Waals surface area contributed by atoms with Gasteiger partial charge in [-0.3, -0.25) is 4.79 Å². The molecule has 1 unspecified atom stereocenters. The topological polar surface area (TPSA) is 82.2 Å². The summed E-state index contributed by atoms with van der Waals surface area (Å²) >= 11 is 0. The third-order valence-corrected chi connectivity index (χ3v) is 4.26. The Kier molecular flexibility index (Phi) is 4.40. The minimum atomic E-state index is -0.484. The predicted molar refractivity (Wildman–Crippen MR) is 85.5 cm³/mol. The first-order valence-electron chi connectivity index (χ1n) is 7.69. The van der Waals surface area contributed by atoms with Crippen molar-refractivity contribution in [3.05, 3.63) is 24.5 Å². The highest BCUT2D eigenvalue weighted by Crippen LogP contribution is 2.21. The molecule has 1 amide bonds. The summed E-state index contributed by atoms with van der Waals surface area (Å²) in [5, 5.41) is 2.89. The van der Waals surface area contributed by atoms with Crippen LogP contribution in [-0.2, 0) is 16.6 Å². The molecule has 0 saturated carbocycles. The summed E-state index contributed by atoms with van der Waals surface area (Å²) in [7, 11) is 1.94. The highest BCUT2D eigenvalue weighted by molar-refractivity contribution is 5.96. The van der Waals surface area contributed by atoms with Crippen molar-refractivity contribution in [3.63, 3.8) is 0 Å². The highest BCUT2D eigenvalue weighted by atomic mass is 16.5. The molecule has 6 heteroatoms. The molecule has 0 bridgehead atoms. The number of fused-ring (bicyclic) bond motifs is 1. The molecule has 118 valence electrons. The van der Waals surface area contributed by atoms with Crippen LogP contribution in [-0.4, -0.2) is 34.7 Å². The van der Waals surface area contributed by atoms with Gasteiger partial charge in [-0.2, -0.15) is 0 Å². The number of aromatic nitrogens is 2. The molecule has 6 nitrogen and oxygen atoms in total. The van der Waals surface area contributed by atoms with Crippen LogP contribution < -0.4 is 11.1 Å². The Bertz CT molecular complexity index is 661. The van der Waals surface area contributed by atoms with Gasteiger partial charge in [0.05, 0.1) is 23.4 Å². The fraction of sp³-hybridized carbons (Fsp3) is 0.500. The molecule has 3 rings (SSSR count). The lowest BCUT2D eigenvalue weighted by molar-refractivity contribution is -0.118. The van der Waals surface area contributed by atoms with E-state index in [-0.39, 0.29) is 5.91 Å². The number of nitrogens with two attached hydrogens (primary N) is 1. The first-order valence-corrected chi connectivity index (χ1v) is 7.69. The smallest absolute Gasteiger partial charge is 0.241 e. The number of nitrogens with one attached hydrogen (secondary N) is 1. The maximum atomic E-state index is 12.2. The number of carbonyl (C=O) groups is 1. The predicted octanol–water partition coefficient (Wildman–Crippen LogP) is 1.66. The zero-order valence-corrected chi connectivity index (χ0v) is 12.8. The Hall–Kier alpha value is -1.92. The number of anilines is 1. The molecule has 1 aromatic heterocycles. The number of aryl methyl sites for hydroxylation is 1. The van der Waals surface area contributed by atoms with Crippen LogP contribution in [0.1, 0.15) is 19.3 Å². The standard InChI is InChI=1S/C16H22N4O2/c1-20-10-18-14-9-12(2-3-15(14)20)19-16(21)13(17)8-11-4-6-22-7-5-11/h2-3,9-11,13H,4-8,17H2,1H3,(H,19,21). The van der Waals surface area contributed by atoms with Crippen molar-refractivity contribution in [3.8, 4) is 0 Å². The highest BCUT2D eigenvalue weighted by Gasteiger charge is 2.21. The van der Waals surface area contributed by atoms with Gasteiger partial charge in [0.1, 0.15) is 0 Å². The van der Waals surface area contributed by atoms with Crippen molar-refractivity contribution in [2.75, 3.05) is 18.5 Å². The third-order valence-electron chi connectivity index (χ3n) is 4.26. The van der Waals surface area contributed by atoms with Crippen molar-refractivity contribution in [1.82, 2.24) is 9.55 Å². The van der Waals surface area contributed by atoms with E-state index in [1.54, 1.807) is 6.33 Å². The molecule has 2 aromatic rings. The summed E-state index contributed by atoms with van der Waals surface area (Å²) < 4.78 is 7.27. The van der Waals surface area contributed by atoms with Gasteiger partial charge in [-0.15, -0.1) is 0 Å². The van der Waals surface area contributed by atoms with Crippen LogP contribution in [0, 0.1) is 5.92 Å². The molecule has 1 aliphatic heterocycles. The minimum Gasteiger partial charge on any atom is -0.381 e. The van der Waals surface area contributed by atoms with Gasteiger partial charge in [-0.25, -0.2) is 4.98 Å².